The summed E-state index contributed by atoms with van der Waals surface area (Å²) in [6.45, 7) is 10.1. The van der Waals surface area contributed by atoms with Crippen molar-refractivity contribution in [2.24, 2.45) is 11.3 Å². The topological polar surface area (TPSA) is 72.8 Å². The fourth-order valence-corrected chi connectivity index (χ4v) is 3.20. The van der Waals surface area contributed by atoms with Crippen LogP contribution in [-0.2, 0) is 14.4 Å². The van der Waals surface area contributed by atoms with E-state index in [1.807, 2.05) is 6.92 Å². The molecule has 1 aromatic carbocycles. The van der Waals surface area contributed by atoms with Crippen molar-refractivity contribution in [3.05, 3.63) is 35.9 Å². The molecule has 0 saturated heterocycles. The number of Topliss-reactive ketones (excluding diaryl/α,β-unsaturated/α-hetero) is 1. The zero-order valence-electron chi connectivity index (χ0n) is 15.2. The molecule has 0 saturated carbocycles. The summed E-state index contributed by atoms with van der Waals surface area (Å²) in [7, 11) is 0. The summed E-state index contributed by atoms with van der Waals surface area (Å²) >= 11 is 0. The van der Waals surface area contributed by atoms with Gasteiger partial charge < -0.3 is 4.74 Å². The fraction of sp³-hybridized carbons (Fsp3) is 0.579. The SMILES string of the molecule is CCOC(CC(C)CC(C)(C)C)(C(=O)OO)C(=O)c1ccccc1. The molecule has 0 fully saturated rings. The van der Waals surface area contributed by atoms with Crippen LogP contribution in [0.1, 0.15) is 57.8 Å². The van der Waals surface area contributed by atoms with Crippen molar-refractivity contribution in [3.63, 3.8) is 0 Å². The lowest BCUT2D eigenvalue weighted by Gasteiger charge is -2.33. The standard InChI is InChI=1S/C19H28O5/c1-6-23-19(17(21)24-22,13-14(2)12-18(3,4)5)16(20)15-10-8-7-9-11-15/h7-11,14,22H,6,12-13H2,1-5H3. The molecular weight excluding hydrogens is 308 g/mol. The second-order valence-electron chi connectivity index (χ2n) is 7.41. The van der Waals surface area contributed by atoms with Gasteiger partial charge in [-0.2, -0.15) is 5.26 Å². The van der Waals surface area contributed by atoms with Gasteiger partial charge in [0.15, 0.2) is 0 Å². The average Bonchev–Trinajstić information content (AvgIpc) is 2.51. The van der Waals surface area contributed by atoms with Crippen LogP contribution in [0.2, 0.25) is 0 Å². The van der Waals surface area contributed by atoms with Crippen molar-refractivity contribution in [3.8, 4) is 0 Å². The molecule has 0 heterocycles. The van der Waals surface area contributed by atoms with Crippen LogP contribution >= 0.6 is 0 Å². The van der Waals surface area contributed by atoms with E-state index in [1.54, 1.807) is 37.3 Å². The summed E-state index contributed by atoms with van der Waals surface area (Å²) < 4.78 is 5.60. The highest BCUT2D eigenvalue weighted by Gasteiger charge is 2.50. The van der Waals surface area contributed by atoms with Gasteiger partial charge in [0.05, 0.1) is 0 Å². The molecule has 2 atom stereocenters. The lowest BCUT2D eigenvalue weighted by Crippen LogP contribution is -2.51. The van der Waals surface area contributed by atoms with Crippen LogP contribution in [0.15, 0.2) is 30.3 Å². The fourth-order valence-electron chi connectivity index (χ4n) is 3.20. The van der Waals surface area contributed by atoms with Crippen LogP contribution in [0.25, 0.3) is 0 Å². The Balaban J connectivity index is 3.24. The molecule has 5 nitrogen and oxygen atoms in total. The Morgan fingerprint density at radius 2 is 1.71 bits per heavy atom. The molecule has 1 rings (SSSR count). The molecule has 0 aliphatic rings. The molecule has 5 heteroatoms. The third kappa shape index (κ3) is 5.14. The largest absolute Gasteiger partial charge is 0.381 e. The lowest BCUT2D eigenvalue weighted by atomic mass is 9.78. The van der Waals surface area contributed by atoms with Crippen LogP contribution in [0.3, 0.4) is 0 Å². The summed E-state index contributed by atoms with van der Waals surface area (Å²) in [6, 6.07) is 8.45. The van der Waals surface area contributed by atoms with Crippen LogP contribution < -0.4 is 0 Å². The van der Waals surface area contributed by atoms with Crippen LogP contribution in [-0.4, -0.2) is 29.2 Å². The maximum Gasteiger partial charge on any atom is 0.381 e. The molecule has 2 unspecified atom stereocenters. The van der Waals surface area contributed by atoms with Crippen LogP contribution in [0.5, 0.6) is 0 Å². The van der Waals surface area contributed by atoms with E-state index >= 15 is 0 Å². The number of benzene rings is 1. The van der Waals surface area contributed by atoms with Gasteiger partial charge in [0.1, 0.15) is 0 Å². The Hall–Kier alpha value is -1.72. The van der Waals surface area contributed by atoms with Gasteiger partial charge in [-0.15, -0.1) is 0 Å². The zero-order valence-corrected chi connectivity index (χ0v) is 15.2. The molecule has 0 radical (unpaired) electrons. The monoisotopic (exact) mass is 336 g/mol. The third-order valence-electron chi connectivity index (χ3n) is 3.80. The van der Waals surface area contributed by atoms with Crippen molar-refractivity contribution in [2.75, 3.05) is 6.61 Å². The van der Waals surface area contributed by atoms with E-state index in [0.29, 0.717) is 5.56 Å². The second kappa shape index (κ2) is 8.40. The quantitative estimate of drug-likeness (QED) is 0.334. The predicted molar refractivity (Wildman–Crippen MR) is 91.7 cm³/mol. The van der Waals surface area contributed by atoms with E-state index in [0.717, 1.165) is 6.42 Å². The first-order valence-corrected chi connectivity index (χ1v) is 8.26. The Morgan fingerprint density at radius 3 is 2.17 bits per heavy atom. The first-order valence-electron chi connectivity index (χ1n) is 8.26. The Kier molecular flexibility index (Phi) is 7.11. The molecule has 1 aromatic rings. The molecule has 0 aliphatic heterocycles. The number of ketones is 1. The minimum Gasteiger partial charge on any atom is -0.356 e. The molecule has 134 valence electrons. The van der Waals surface area contributed by atoms with Gasteiger partial charge in [-0.05, 0) is 31.1 Å². The van der Waals surface area contributed by atoms with Crippen molar-refractivity contribution >= 4 is 11.8 Å². The molecule has 0 amide bonds. The average molecular weight is 336 g/mol. The normalized spacial score (nSPS) is 15.4. The number of rotatable bonds is 8. The van der Waals surface area contributed by atoms with Crippen molar-refractivity contribution in [1.82, 2.24) is 0 Å². The van der Waals surface area contributed by atoms with Gasteiger partial charge in [0, 0.05) is 12.2 Å². The summed E-state index contributed by atoms with van der Waals surface area (Å²) in [5.74, 6) is -1.55. The van der Waals surface area contributed by atoms with Gasteiger partial charge >= 0.3 is 5.97 Å². The van der Waals surface area contributed by atoms with Gasteiger partial charge in [-0.1, -0.05) is 58.0 Å². The van der Waals surface area contributed by atoms with Gasteiger partial charge in [0.25, 0.3) is 0 Å². The maximum atomic E-state index is 13.0. The van der Waals surface area contributed by atoms with Gasteiger partial charge in [-0.3, -0.25) is 9.68 Å². The van der Waals surface area contributed by atoms with E-state index < -0.39 is 17.4 Å². The minimum absolute atomic E-state index is 0.0170. The summed E-state index contributed by atoms with van der Waals surface area (Å²) in [5.41, 5.74) is -1.45. The van der Waals surface area contributed by atoms with Gasteiger partial charge in [-0.25, -0.2) is 4.79 Å². The molecule has 0 aliphatic carbocycles. The van der Waals surface area contributed by atoms with E-state index in [1.165, 1.54) is 0 Å². The zero-order chi connectivity index (χ0) is 18.4. The molecule has 0 aromatic heterocycles. The summed E-state index contributed by atoms with van der Waals surface area (Å²) in [4.78, 5) is 29.3. The number of hydrogen-bond acceptors (Lipinski definition) is 5. The second-order valence-corrected chi connectivity index (χ2v) is 7.41. The molecule has 1 N–H and O–H groups in total. The minimum atomic E-state index is -1.84. The predicted octanol–water partition coefficient (Wildman–Crippen LogP) is 4.12. The lowest BCUT2D eigenvalue weighted by molar-refractivity contribution is -0.251. The highest BCUT2D eigenvalue weighted by Crippen LogP contribution is 2.33. The number of ether oxygens (including phenoxy) is 1. The summed E-state index contributed by atoms with van der Waals surface area (Å²) in [5, 5.41) is 8.96. The Morgan fingerprint density at radius 1 is 1.12 bits per heavy atom. The maximum absolute atomic E-state index is 13.0. The third-order valence-corrected chi connectivity index (χ3v) is 3.80. The van der Waals surface area contributed by atoms with E-state index in [-0.39, 0.29) is 24.4 Å². The highest BCUT2D eigenvalue weighted by atomic mass is 17.1. The number of carbonyl (C=O) groups is 2. The Labute approximate surface area is 143 Å². The van der Waals surface area contributed by atoms with Crippen LogP contribution in [0, 0.1) is 11.3 Å². The molecule has 24 heavy (non-hydrogen) atoms. The molecule has 0 spiro atoms. The number of carbonyl (C=O) groups excluding carboxylic acids is 2. The van der Waals surface area contributed by atoms with E-state index in [2.05, 4.69) is 25.7 Å². The number of hydrogen-bond donors (Lipinski definition) is 1. The van der Waals surface area contributed by atoms with E-state index in [9.17, 15) is 9.59 Å². The van der Waals surface area contributed by atoms with Crippen molar-refractivity contribution in [2.45, 2.75) is 53.1 Å². The van der Waals surface area contributed by atoms with Crippen molar-refractivity contribution < 1.29 is 24.5 Å². The Bertz CT molecular complexity index is 547. The smallest absolute Gasteiger partial charge is 0.356 e. The van der Waals surface area contributed by atoms with E-state index in [4.69, 9.17) is 9.99 Å². The molecular formula is C19H28O5. The van der Waals surface area contributed by atoms with Crippen molar-refractivity contribution in [1.29, 1.82) is 0 Å². The highest BCUT2D eigenvalue weighted by molar-refractivity contribution is 6.15. The summed E-state index contributed by atoms with van der Waals surface area (Å²) in [6.07, 6.45) is 0.938. The first kappa shape index (κ1) is 20.3. The van der Waals surface area contributed by atoms with Crippen LogP contribution in [0.4, 0.5) is 0 Å². The molecule has 0 bridgehead atoms. The van der Waals surface area contributed by atoms with Gasteiger partial charge in [0.2, 0.25) is 11.4 Å². The first-order chi connectivity index (χ1) is 11.2.